The lowest BCUT2D eigenvalue weighted by Crippen LogP contribution is -2.23. The first-order valence-electron chi connectivity index (χ1n) is 11.0. The summed E-state index contributed by atoms with van der Waals surface area (Å²) in [5, 5.41) is 6.92. The third-order valence-corrected chi connectivity index (χ3v) is 5.84. The summed E-state index contributed by atoms with van der Waals surface area (Å²) in [6.45, 7) is 2.91. The minimum Gasteiger partial charge on any atom is -0.493 e. The van der Waals surface area contributed by atoms with E-state index in [2.05, 4.69) is 20.6 Å². The Balaban J connectivity index is 1.31. The number of ether oxygens (including phenoxy) is 1. The number of imidazole rings is 1. The molecule has 0 saturated carbocycles. The number of nitrogens with one attached hydrogen (secondary N) is 2. The summed E-state index contributed by atoms with van der Waals surface area (Å²) in [5.41, 5.74) is 3.16. The molecule has 1 aliphatic heterocycles. The van der Waals surface area contributed by atoms with Gasteiger partial charge in [0, 0.05) is 41.5 Å². The van der Waals surface area contributed by atoms with Crippen molar-refractivity contribution in [2.75, 3.05) is 11.9 Å². The molecule has 8 nitrogen and oxygen atoms in total. The van der Waals surface area contributed by atoms with Crippen LogP contribution in [0.4, 0.5) is 5.95 Å². The van der Waals surface area contributed by atoms with Crippen LogP contribution in [0.15, 0.2) is 67.3 Å². The molecule has 2 aromatic carbocycles. The number of carbonyl (C=O) groups is 1. The number of fused-ring (bicyclic) bond motifs is 1. The van der Waals surface area contributed by atoms with Crippen LogP contribution in [0.25, 0.3) is 5.82 Å². The van der Waals surface area contributed by atoms with Crippen LogP contribution in [-0.2, 0) is 6.54 Å². The van der Waals surface area contributed by atoms with Crippen molar-refractivity contribution in [3.05, 3.63) is 94.7 Å². The van der Waals surface area contributed by atoms with Crippen LogP contribution in [0, 0.1) is 6.92 Å². The molecule has 1 unspecified atom stereocenters. The molecule has 0 fully saturated rings. The summed E-state index contributed by atoms with van der Waals surface area (Å²) < 4.78 is 7.48. The highest BCUT2D eigenvalue weighted by Crippen LogP contribution is 2.33. The second-order valence-electron chi connectivity index (χ2n) is 8.05. The summed E-state index contributed by atoms with van der Waals surface area (Å²) >= 11 is 6.01. The fourth-order valence-corrected chi connectivity index (χ4v) is 4.10. The number of aryl methyl sites for hydroxylation is 1. The smallest absolute Gasteiger partial charge is 0.271 e. The predicted molar refractivity (Wildman–Crippen MR) is 129 cm³/mol. The molecular formula is C25H23ClN6O2. The summed E-state index contributed by atoms with van der Waals surface area (Å²) in [7, 11) is 0. The van der Waals surface area contributed by atoms with Gasteiger partial charge in [0.2, 0.25) is 5.95 Å². The average molecular weight is 475 g/mol. The number of para-hydroxylation sites is 1. The fraction of sp³-hybridized carbons (Fsp3) is 0.200. The van der Waals surface area contributed by atoms with E-state index in [4.69, 9.17) is 21.3 Å². The molecule has 1 aliphatic rings. The summed E-state index contributed by atoms with van der Waals surface area (Å²) in [4.78, 5) is 26.0. The Bertz CT molecular complexity index is 1340. The molecule has 0 radical (unpaired) electrons. The standard InChI is InChI=1S/C25H23ClN6O2/c1-16-12-28-25(30-20-9-10-34-22-8-3-2-7-19(20)22)31-23(16)32-14-21(29-15-32)24(33)27-13-17-5-4-6-18(26)11-17/h2-8,11-12,14-15,20H,9-10,13H2,1H3,(H,27,33)(H,28,30,31). The van der Waals surface area contributed by atoms with E-state index >= 15 is 0 Å². The normalized spacial score (nSPS) is 14.7. The molecule has 172 valence electrons. The minimum atomic E-state index is -0.275. The van der Waals surface area contributed by atoms with Gasteiger partial charge in [0.05, 0.1) is 12.6 Å². The second-order valence-corrected chi connectivity index (χ2v) is 8.49. The first-order chi connectivity index (χ1) is 16.6. The Morgan fingerprint density at radius 2 is 2.09 bits per heavy atom. The van der Waals surface area contributed by atoms with E-state index in [0.717, 1.165) is 28.9 Å². The average Bonchev–Trinajstić information content (AvgIpc) is 3.34. The zero-order valence-electron chi connectivity index (χ0n) is 18.5. The van der Waals surface area contributed by atoms with E-state index in [1.807, 2.05) is 49.4 Å². The Morgan fingerprint density at radius 1 is 1.21 bits per heavy atom. The number of hydrogen-bond donors (Lipinski definition) is 2. The number of anilines is 1. The lowest BCUT2D eigenvalue weighted by atomic mass is 10.0. The van der Waals surface area contributed by atoms with Gasteiger partial charge in [0.1, 0.15) is 23.6 Å². The van der Waals surface area contributed by atoms with Gasteiger partial charge in [0.25, 0.3) is 5.91 Å². The van der Waals surface area contributed by atoms with Crippen LogP contribution >= 0.6 is 11.6 Å². The van der Waals surface area contributed by atoms with Gasteiger partial charge in [0.15, 0.2) is 0 Å². The number of nitrogens with zero attached hydrogens (tertiary/aromatic N) is 4. The predicted octanol–water partition coefficient (Wildman–Crippen LogP) is 4.49. The van der Waals surface area contributed by atoms with Crippen molar-refractivity contribution in [1.29, 1.82) is 0 Å². The third-order valence-electron chi connectivity index (χ3n) is 5.61. The summed E-state index contributed by atoms with van der Waals surface area (Å²) in [6.07, 6.45) is 5.81. The SMILES string of the molecule is Cc1cnc(NC2CCOc3ccccc32)nc1-n1cnc(C(=O)NCc2cccc(Cl)c2)c1. The van der Waals surface area contributed by atoms with E-state index in [1.165, 1.54) is 0 Å². The van der Waals surface area contributed by atoms with Crippen LogP contribution in [0.2, 0.25) is 5.02 Å². The van der Waals surface area contributed by atoms with Gasteiger partial charge in [-0.3, -0.25) is 9.36 Å². The molecule has 34 heavy (non-hydrogen) atoms. The number of rotatable bonds is 6. The molecule has 5 rings (SSSR count). The number of hydrogen-bond acceptors (Lipinski definition) is 6. The van der Waals surface area contributed by atoms with E-state index in [0.29, 0.717) is 35.6 Å². The van der Waals surface area contributed by atoms with Crippen molar-refractivity contribution in [3.63, 3.8) is 0 Å². The number of aromatic nitrogens is 4. The molecule has 0 saturated heterocycles. The van der Waals surface area contributed by atoms with E-state index in [9.17, 15) is 4.79 Å². The maximum Gasteiger partial charge on any atom is 0.271 e. The molecule has 2 N–H and O–H groups in total. The fourth-order valence-electron chi connectivity index (χ4n) is 3.89. The number of amides is 1. The molecule has 4 aromatic rings. The maximum absolute atomic E-state index is 12.6. The highest BCUT2D eigenvalue weighted by atomic mass is 35.5. The van der Waals surface area contributed by atoms with E-state index < -0.39 is 0 Å². The topological polar surface area (TPSA) is 94.0 Å². The Kier molecular flexibility index (Phi) is 6.14. The third kappa shape index (κ3) is 4.72. The quantitative estimate of drug-likeness (QED) is 0.427. The molecule has 1 amide bonds. The molecule has 3 heterocycles. The minimum absolute atomic E-state index is 0.0520. The van der Waals surface area contributed by atoms with Gasteiger partial charge in [-0.05, 0) is 30.7 Å². The number of benzene rings is 2. The molecule has 9 heteroatoms. The van der Waals surface area contributed by atoms with Gasteiger partial charge in [-0.15, -0.1) is 0 Å². The van der Waals surface area contributed by atoms with Crippen LogP contribution in [0.5, 0.6) is 5.75 Å². The lowest BCUT2D eigenvalue weighted by molar-refractivity contribution is 0.0946. The van der Waals surface area contributed by atoms with Crippen molar-refractivity contribution in [1.82, 2.24) is 24.8 Å². The van der Waals surface area contributed by atoms with Gasteiger partial charge >= 0.3 is 0 Å². The van der Waals surface area contributed by atoms with Crippen LogP contribution in [-0.4, -0.2) is 32.0 Å². The monoisotopic (exact) mass is 474 g/mol. The maximum atomic E-state index is 12.6. The van der Waals surface area contributed by atoms with Gasteiger partial charge < -0.3 is 15.4 Å². The highest BCUT2D eigenvalue weighted by molar-refractivity contribution is 6.30. The zero-order chi connectivity index (χ0) is 23.5. The lowest BCUT2D eigenvalue weighted by Gasteiger charge is -2.26. The van der Waals surface area contributed by atoms with Crippen molar-refractivity contribution in [2.24, 2.45) is 0 Å². The Morgan fingerprint density at radius 3 is 2.97 bits per heavy atom. The molecule has 1 atom stereocenters. The van der Waals surface area contributed by atoms with Gasteiger partial charge in [-0.25, -0.2) is 9.97 Å². The van der Waals surface area contributed by atoms with Crippen molar-refractivity contribution >= 4 is 23.5 Å². The molecule has 2 aromatic heterocycles. The molecular weight excluding hydrogens is 452 g/mol. The number of carbonyl (C=O) groups excluding carboxylic acids is 1. The molecule has 0 aliphatic carbocycles. The second kappa shape index (κ2) is 9.52. The van der Waals surface area contributed by atoms with Crippen molar-refractivity contribution in [3.8, 4) is 11.6 Å². The van der Waals surface area contributed by atoms with Crippen molar-refractivity contribution < 1.29 is 9.53 Å². The molecule has 0 bridgehead atoms. The summed E-state index contributed by atoms with van der Waals surface area (Å²) in [5.74, 6) is 1.76. The Hall–Kier alpha value is -3.91. The van der Waals surface area contributed by atoms with Crippen LogP contribution < -0.4 is 15.4 Å². The zero-order valence-corrected chi connectivity index (χ0v) is 19.3. The Labute approximate surface area is 202 Å². The van der Waals surface area contributed by atoms with Crippen molar-refractivity contribution in [2.45, 2.75) is 25.9 Å². The molecule has 0 spiro atoms. The first kappa shape index (κ1) is 21.9. The van der Waals surface area contributed by atoms with E-state index in [-0.39, 0.29) is 11.9 Å². The van der Waals surface area contributed by atoms with Gasteiger partial charge in [-0.2, -0.15) is 4.98 Å². The largest absolute Gasteiger partial charge is 0.493 e. The summed E-state index contributed by atoms with van der Waals surface area (Å²) in [6, 6.07) is 15.4. The highest BCUT2D eigenvalue weighted by Gasteiger charge is 2.22. The first-order valence-corrected chi connectivity index (χ1v) is 11.3. The van der Waals surface area contributed by atoms with Gasteiger partial charge in [-0.1, -0.05) is 41.9 Å². The van der Waals surface area contributed by atoms with E-state index in [1.54, 1.807) is 29.4 Å². The van der Waals surface area contributed by atoms with Crippen LogP contribution in [0.1, 0.15) is 39.6 Å². The van der Waals surface area contributed by atoms with Crippen LogP contribution in [0.3, 0.4) is 0 Å². The number of halogens is 1.